The second-order valence-corrected chi connectivity index (χ2v) is 5.54. The summed E-state index contributed by atoms with van der Waals surface area (Å²) in [6.07, 6.45) is 1.57. The lowest BCUT2D eigenvalue weighted by Gasteiger charge is -2.20. The van der Waals surface area contributed by atoms with Crippen molar-refractivity contribution in [2.45, 2.75) is 18.8 Å². The lowest BCUT2D eigenvalue weighted by atomic mass is 10.1. The smallest absolute Gasteiger partial charge is 0.226 e. The predicted octanol–water partition coefficient (Wildman–Crippen LogP) is 1.89. The van der Waals surface area contributed by atoms with E-state index in [0.717, 1.165) is 38.2 Å². The molecule has 5 heteroatoms. The Morgan fingerprint density at radius 1 is 1.25 bits per heavy atom. The van der Waals surface area contributed by atoms with E-state index in [-0.39, 0.29) is 17.7 Å². The standard InChI is InChI=1S/C15H18F2N2O/c16-10-2-3-14(17)12(8-10)11-9-13(11)15(20)19-6-1-4-18-5-7-19/h2-3,8,11,13,18H,1,4-7,9H2. The molecule has 20 heavy (non-hydrogen) atoms. The number of amides is 1. The van der Waals surface area contributed by atoms with Crippen LogP contribution < -0.4 is 5.32 Å². The van der Waals surface area contributed by atoms with E-state index in [1.54, 1.807) is 0 Å². The van der Waals surface area contributed by atoms with Gasteiger partial charge in [0.1, 0.15) is 11.6 Å². The van der Waals surface area contributed by atoms with Gasteiger partial charge in [0.2, 0.25) is 5.91 Å². The van der Waals surface area contributed by atoms with Gasteiger partial charge in [-0.2, -0.15) is 0 Å². The minimum Gasteiger partial charge on any atom is -0.341 e. The van der Waals surface area contributed by atoms with E-state index in [2.05, 4.69) is 5.32 Å². The van der Waals surface area contributed by atoms with Gasteiger partial charge >= 0.3 is 0 Å². The summed E-state index contributed by atoms with van der Waals surface area (Å²) in [5.41, 5.74) is 0.344. The van der Waals surface area contributed by atoms with Crippen LogP contribution in [0.3, 0.4) is 0 Å². The molecular formula is C15H18F2N2O. The highest BCUT2D eigenvalue weighted by Crippen LogP contribution is 2.49. The van der Waals surface area contributed by atoms with E-state index in [0.29, 0.717) is 18.5 Å². The molecule has 1 N–H and O–H groups in total. The summed E-state index contributed by atoms with van der Waals surface area (Å²) in [4.78, 5) is 14.2. The molecule has 2 aliphatic rings. The quantitative estimate of drug-likeness (QED) is 0.897. The van der Waals surface area contributed by atoms with Gasteiger partial charge in [-0.15, -0.1) is 0 Å². The number of nitrogens with one attached hydrogen (secondary N) is 1. The molecule has 108 valence electrons. The number of hydrogen-bond donors (Lipinski definition) is 1. The highest BCUT2D eigenvalue weighted by Gasteiger charge is 2.46. The van der Waals surface area contributed by atoms with Gasteiger partial charge in [0.25, 0.3) is 0 Å². The zero-order valence-corrected chi connectivity index (χ0v) is 11.2. The minimum atomic E-state index is -0.446. The Bertz CT molecular complexity index is 513. The Morgan fingerprint density at radius 2 is 2.10 bits per heavy atom. The van der Waals surface area contributed by atoms with Crippen LogP contribution in [-0.2, 0) is 4.79 Å². The van der Waals surface area contributed by atoms with Crippen molar-refractivity contribution in [2.24, 2.45) is 5.92 Å². The fraction of sp³-hybridized carbons (Fsp3) is 0.533. The second-order valence-electron chi connectivity index (χ2n) is 5.54. The third kappa shape index (κ3) is 2.68. The highest BCUT2D eigenvalue weighted by atomic mass is 19.1. The van der Waals surface area contributed by atoms with Gasteiger partial charge in [-0.3, -0.25) is 4.79 Å². The summed E-state index contributed by atoms with van der Waals surface area (Å²) in [7, 11) is 0. The molecule has 1 saturated heterocycles. The van der Waals surface area contributed by atoms with Gasteiger partial charge in [0.05, 0.1) is 0 Å². The van der Waals surface area contributed by atoms with Gasteiger partial charge in [0, 0.05) is 25.6 Å². The number of carbonyl (C=O) groups is 1. The van der Waals surface area contributed by atoms with Crippen LogP contribution in [0.1, 0.15) is 24.3 Å². The summed E-state index contributed by atoms with van der Waals surface area (Å²) in [5, 5.41) is 3.25. The molecule has 2 atom stereocenters. The first kappa shape index (κ1) is 13.5. The van der Waals surface area contributed by atoms with Crippen molar-refractivity contribution in [3.63, 3.8) is 0 Å². The Kier molecular flexibility index (Phi) is 3.70. The fourth-order valence-electron chi connectivity index (χ4n) is 2.91. The summed E-state index contributed by atoms with van der Waals surface area (Å²) in [6, 6.07) is 3.47. The molecule has 1 heterocycles. The molecule has 1 amide bonds. The molecule has 1 aromatic rings. The van der Waals surface area contributed by atoms with E-state index in [4.69, 9.17) is 0 Å². The van der Waals surface area contributed by atoms with Crippen molar-refractivity contribution in [1.82, 2.24) is 10.2 Å². The highest BCUT2D eigenvalue weighted by molar-refractivity contribution is 5.83. The van der Waals surface area contributed by atoms with Crippen molar-refractivity contribution in [1.29, 1.82) is 0 Å². The number of halogens is 2. The Balaban J connectivity index is 1.68. The average molecular weight is 280 g/mol. The number of carbonyl (C=O) groups excluding carboxylic acids is 1. The summed E-state index contributed by atoms with van der Waals surface area (Å²) >= 11 is 0. The maximum absolute atomic E-state index is 13.7. The first-order valence-electron chi connectivity index (χ1n) is 7.11. The van der Waals surface area contributed by atoms with Crippen LogP contribution >= 0.6 is 0 Å². The summed E-state index contributed by atoms with van der Waals surface area (Å²) < 4.78 is 26.9. The van der Waals surface area contributed by atoms with Crippen LogP contribution in [0.15, 0.2) is 18.2 Å². The predicted molar refractivity (Wildman–Crippen MR) is 71.3 cm³/mol. The second kappa shape index (κ2) is 5.48. The molecule has 1 aromatic carbocycles. The van der Waals surface area contributed by atoms with Crippen molar-refractivity contribution < 1.29 is 13.6 Å². The number of hydrogen-bond acceptors (Lipinski definition) is 2. The van der Waals surface area contributed by atoms with Crippen LogP contribution in [0.2, 0.25) is 0 Å². The topological polar surface area (TPSA) is 32.3 Å². The number of rotatable bonds is 2. The van der Waals surface area contributed by atoms with Crippen LogP contribution in [0.25, 0.3) is 0 Å². The maximum Gasteiger partial charge on any atom is 0.226 e. The van der Waals surface area contributed by atoms with Crippen molar-refractivity contribution >= 4 is 5.91 Å². The molecule has 2 fully saturated rings. The molecule has 1 aliphatic carbocycles. The third-order valence-electron chi connectivity index (χ3n) is 4.12. The number of nitrogens with zero attached hydrogens (tertiary/aromatic N) is 1. The van der Waals surface area contributed by atoms with Crippen LogP contribution in [0.5, 0.6) is 0 Å². The normalized spacial score (nSPS) is 26.2. The van der Waals surface area contributed by atoms with Gasteiger partial charge in [-0.25, -0.2) is 8.78 Å². The van der Waals surface area contributed by atoms with Gasteiger partial charge in [-0.05, 0) is 49.1 Å². The first-order valence-corrected chi connectivity index (χ1v) is 7.11. The molecule has 3 nitrogen and oxygen atoms in total. The minimum absolute atomic E-state index is 0.0855. The molecule has 1 saturated carbocycles. The first-order chi connectivity index (χ1) is 9.66. The summed E-state index contributed by atoms with van der Waals surface area (Å²) in [6.45, 7) is 3.18. The largest absolute Gasteiger partial charge is 0.341 e. The van der Waals surface area contributed by atoms with Gasteiger partial charge in [0.15, 0.2) is 0 Å². The van der Waals surface area contributed by atoms with Crippen LogP contribution in [-0.4, -0.2) is 37.0 Å². The van der Waals surface area contributed by atoms with Crippen molar-refractivity contribution in [3.05, 3.63) is 35.4 Å². The molecule has 0 bridgehead atoms. The summed E-state index contributed by atoms with van der Waals surface area (Å²) in [5.74, 6) is -1.11. The Morgan fingerprint density at radius 3 is 2.95 bits per heavy atom. The molecule has 0 spiro atoms. The average Bonchev–Trinajstić information content (AvgIpc) is 3.23. The monoisotopic (exact) mass is 280 g/mol. The molecule has 3 rings (SSSR count). The Hall–Kier alpha value is -1.49. The SMILES string of the molecule is O=C(C1CC1c1cc(F)ccc1F)N1CCCNCC1. The molecule has 2 unspecified atom stereocenters. The van der Waals surface area contributed by atoms with Crippen LogP contribution in [0, 0.1) is 17.6 Å². The number of benzene rings is 1. The van der Waals surface area contributed by atoms with Crippen molar-refractivity contribution in [2.75, 3.05) is 26.2 Å². The van der Waals surface area contributed by atoms with E-state index < -0.39 is 11.6 Å². The third-order valence-corrected chi connectivity index (χ3v) is 4.12. The molecular weight excluding hydrogens is 262 g/mol. The van der Waals surface area contributed by atoms with Crippen LogP contribution in [0.4, 0.5) is 8.78 Å². The lowest BCUT2D eigenvalue weighted by Crippen LogP contribution is -2.35. The lowest BCUT2D eigenvalue weighted by molar-refractivity contribution is -0.132. The molecule has 0 radical (unpaired) electrons. The van der Waals surface area contributed by atoms with Crippen molar-refractivity contribution in [3.8, 4) is 0 Å². The molecule has 0 aromatic heterocycles. The van der Waals surface area contributed by atoms with E-state index in [9.17, 15) is 13.6 Å². The molecule has 1 aliphatic heterocycles. The maximum atomic E-state index is 13.7. The fourth-order valence-corrected chi connectivity index (χ4v) is 2.91. The van der Waals surface area contributed by atoms with E-state index in [1.807, 2.05) is 4.90 Å². The van der Waals surface area contributed by atoms with E-state index in [1.165, 1.54) is 6.07 Å². The van der Waals surface area contributed by atoms with Gasteiger partial charge < -0.3 is 10.2 Å². The zero-order chi connectivity index (χ0) is 14.1. The Labute approximate surface area is 117 Å². The van der Waals surface area contributed by atoms with Gasteiger partial charge in [-0.1, -0.05) is 0 Å². The van der Waals surface area contributed by atoms with E-state index >= 15 is 0 Å². The zero-order valence-electron chi connectivity index (χ0n) is 11.2.